The lowest BCUT2D eigenvalue weighted by Crippen LogP contribution is -2.39. The second-order valence-electron chi connectivity index (χ2n) is 6.86. The highest BCUT2D eigenvalue weighted by molar-refractivity contribution is 8.00. The van der Waals surface area contributed by atoms with Crippen LogP contribution in [-0.2, 0) is 4.79 Å². The third kappa shape index (κ3) is 3.80. The van der Waals surface area contributed by atoms with Crippen LogP contribution in [0.1, 0.15) is 30.2 Å². The summed E-state index contributed by atoms with van der Waals surface area (Å²) in [6, 6.07) is 9.65. The molecule has 1 atom stereocenters. The van der Waals surface area contributed by atoms with E-state index in [9.17, 15) is 4.79 Å². The molecule has 2 aliphatic heterocycles. The van der Waals surface area contributed by atoms with Crippen LogP contribution in [0, 0.1) is 0 Å². The molecule has 2 saturated heterocycles. The van der Waals surface area contributed by atoms with E-state index >= 15 is 0 Å². The van der Waals surface area contributed by atoms with Gasteiger partial charge in [0.25, 0.3) is 0 Å². The number of rotatable bonds is 5. The summed E-state index contributed by atoms with van der Waals surface area (Å²) in [6.45, 7) is 4.04. The molecule has 6 heteroatoms. The molecule has 138 valence electrons. The molecule has 2 fully saturated rings. The van der Waals surface area contributed by atoms with Crippen molar-refractivity contribution < 1.29 is 9.21 Å². The lowest BCUT2D eigenvalue weighted by atomic mass is 10.1. The summed E-state index contributed by atoms with van der Waals surface area (Å²) < 4.78 is 5.78. The minimum atomic E-state index is 0.0247. The smallest absolute Gasteiger partial charge is 0.233 e. The second-order valence-corrected chi connectivity index (χ2v) is 8.37. The van der Waals surface area contributed by atoms with Crippen LogP contribution in [0.3, 0.4) is 0 Å². The summed E-state index contributed by atoms with van der Waals surface area (Å²) >= 11 is 7.69. The first-order valence-corrected chi connectivity index (χ1v) is 10.6. The quantitative estimate of drug-likeness (QED) is 0.744. The van der Waals surface area contributed by atoms with Crippen LogP contribution in [0.15, 0.2) is 41.0 Å². The molecule has 1 aromatic heterocycles. The molecule has 4 nitrogen and oxygen atoms in total. The zero-order chi connectivity index (χ0) is 17.9. The van der Waals surface area contributed by atoms with Crippen molar-refractivity contribution in [3.63, 3.8) is 0 Å². The van der Waals surface area contributed by atoms with Gasteiger partial charge in [0.15, 0.2) is 0 Å². The molecular weight excluding hydrogens is 368 g/mol. The molecule has 1 aromatic carbocycles. The van der Waals surface area contributed by atoms with Gasteiger partial charge in [0.05, 0.1) is 12.0 Å². The Bertz CT molecular complexity index is 755. The van der Waals surface area contributed by atoms with E-state index in [1.807, 2.05) is 35.2 Å². The van der Waals surface area contributed by atoms with E-state index in [1.54, 1.807) is 18.0 Å². The SMILES string of the molecule is O=C1CSC(c2ccoc2-c2ccc(Cl)cc2)N1CCN1CCCCC1. The zero-order valence-corrected chi connectivity index (χ0v) is 16.3. The van der Waals surface area contributed by atoms with Crippen molar-refractivity contribution in [1.82, 2.24) is 9.80 Å². The van der Waals surface area contributed by atoms with Crippen molar-refractivity contribution in [1.29, 1.82) is 0 Å². The molecule has 2 aromatic rings. The molecule has 1 amide bonds. The summed E-state index contributed by atoms with van der Waals surface area (Å²) in [6.07, 6.45) is 5.59. The Morgan fingerprint density at radius 2 is 1.85 bits per heavy atom. The standard InChI is InChI=1S/C20H23ClN2O2S/c21-16-6-4-15(5-7-16)19-17(8-13-25-19)20-23(18(24)14-26-20)12-11-22-9-2-1-3-10-22/h4-8,13,20H,1-3,9-12,14H2. The van der Waals surface area contributed by atoms with E-state index in [2.05, 4.69) is 4.90 Å². The minimum Gasteiger partial charge on any atom is -0.464 e. The van der Waals surface area contributed by atoms with Crippen LogP contribution in [0.2, 0.25) is 5.02 Å². The largest absolute Gasteiger partial charge is 0.464 e. The molecule has 0 N–H and O–H groups in total. The van der Waals surface area contributed by atoms with Crippen LogP contribution >= 0.6 is 23.4 Å². The average Bonchev–Trinajstić information content (AvgIpc) is 3.28. The van der Waals surface area contributed by atoms with Gasteiger partial charge in [-0.2, -0.15) is 0 Å². The van der Waals surface area contributed by atoms with Gasteiger partial charge < -0.3 is 14.2 Å². The fraction of sp³-hybridized carbons (Fsp3) is 0.450. The molecule has 1 unspecified atom stereocenters. The Morgan fingerprint density at radius 3 is 2.62 bits per heavy atom. The maximum absolute atomic E-state index is 12.5. The number of hydrogen-bond acceptors (Lipinski definition) is 4. The number of furan rings is 1. The third-order valence-electron chi connectivity index (χ3n) is 5.14. The molecule has 2 aliphatic rings. The Kier molecular flexibility index (Phi) is 5.57. The third-order valence-corrected chi connectivity index (χ3v) is 6.63. The van der Waals surface area contributed by atoms with E-state index in [0.717, 1.165) is 43.1 Å². The molecular formula is C20H23ClN2O2S. The highest BCUT2D eigenvalue weighted by atomic mass is 35.5. The number of benzene rings is 1. The van der Waals surface area contributed by atoms with E-state index in [-0.39, 0.29) is 11.3 Å². The van der Waals surface area contributed by atoms with Gasteiger partial charge in [-0.05, 0) is 56.3 Å². The van der Waals surface area contributed by atoms with Crippen LogP contribution in [0.25, 0.3) is 11.3 Å². The van der Waals surface area contributed by atoms with Crippen LogP contribution in [0.4, 0.5) is 0 Å². The van der Waals surface area contributed by atoms with Gasteiger partial charge >= 0.3 is 0 Å². The summed E-state index contributed by atoms with van der Waals surface area (Å²) in [5.74, 6) is 1.59. The summed E-state index contributed by atoms with van der Waals surface area (Å²) in [5.41, 5.74) is 2.06. The maximum Gasteiger partial charge on any atom is 0.233 e. The summed E-state index contributed by atoms with van der Waals surface area (Å²) in [4.78, 5) is 17.0. The number of likely N-dealkylation sites (tertiary alicyclic amines) is 1. The number of amides is 1. The second kappa shape index (κ2) is 8.07. The number of piperidine rings is 1. The predicted molar refractivity (Wildman–Crippen MR) is 106 cm³/mol. The van der Waals surface area contributed by atoms with E-state index in [1.165, 1.54) is 19.3 Å². The van der Waals surface area contributed by atoms with Crippen LogP contribution < -0.4 is 0 Å². The summed E-state index contributed by atoms with van der Waals surface area (Å²) in [5, 5.41) is 0.729. The molecule has 0 spiro atoms. The van der Waals surface area contributed by atoms with Gasteiger partial charge in [0.1, 0.15) is 11.1 Å². The fourth-order valence-corrected chi connectivity index (χ4v) is 5.10. The maximum atomic E-state index is 12.5. The van der Waals surface area contributed by atoms with Crippen molar-refractivity contribution in [2.75, 3.05) is 31.9 Å². The zero-order valence-electron chi connectivity index (χ0n) is 14.7. The lowest BCUT2D eigenvalue weighted by molar-refractivity contribution is -0.128. The van der Waals surface area contributed by atoms with Crippen molar-refractivity contribution in [3.8, 4) is 11.3 Å². The Balaban J connectivity index is 1.51. The number of halogens is 1. The highest BCUT2D eigenvalue weighted by Gasteiger charge is 2.35. The Morgan fingerprint density at radius 1 is 1.08 bits per heavy atom. The normalized spacial score (nSPS) is 21.5. The summed E-state index contributed by atoms with van der Waals surface area (Å²) in [7, 11) is 0. The molecule has 0 aliphatic carbocycles. The van der Waals surface area contributed by atoms with Gasteiger partial charge in [0.2, 0.25) is 5.91 Å². The monoisotopic (exact) mass is 390 g/mol. The van der Waals surface area contributed by atoms with Crippen molar-refractivity contribution in [2.45, 2.75) is 24.6 Å². The Labute approximate surface area is 163 Å². The first-order chi connectivity index (χ1) is 12.7. The first-order valence-electron chi connectivity index (χ1n) is 9.19. The highest BCUT2D eigenvalue weighted by Crippen LogP contribution is 2.43. The first kappa shape index (κ1) is 18.0. The van der Waals surface area contributed by atoms with Crippen molar-refractivity contribution in [2.24, 2.45) is 0 Å². The number of carbonyl (C=O) groups excluding carboxylic acids is 1. The van der Waals surface area contributed by atoms with Crippen molar-refractivity contribution >= 4 is 29.3 Å². The van der Waals surface area contributed by atoms with Gasteiger partial charge in [-0.15, -0.1) is 11.8 Å². The Hall–Kier alpha value is -1.43. The molecule has 0 saturated carbocycles. The molecule has 26 heavy (non-hydrogen) atoms. The van der Waals surface area contributed by atoms with Gasteiger partial charge in [-0.1, -0.05) is 18.0 Å². The predicted octanol–water partition coefficient (Wildman–Crippen LogP) is 4.66. The molecule has 0 radical (unpaired) electrons. The molecule has 3 heterocycles. The van der Waals surface area contributed by atoms with Crippen LogP contribution in [0.5, 0.6) is 0 Å². The van der Waals surface area contributed by atoms with Crippen LogP contribution in [-0.4, -0.2) is 47.6 Å². The van der Waals surface area contributed by atoms with Gasteiger partial charge in [0, 0.05) is 29.2 Å². The van der Waals surface area contributed by atoms with Gasteiger partial charge in [-0.25, -0.2) is 0 Å². The fourth-order valence-electron chi connectivity index (χ4n) is 3.74. The van der Waals surface area contributed by atoms with Crippen molar-refractivity contribution in [3.05, 3.63) is 47.2 Å². The number of nitrogens with zero attached hydrogens (tertiary/aromatic N) is 2. The topological polar surface area (TPSA) is 36.7 Å². The number of carbonyl (C=O) groups is 1. The average molecular weight is 391 g/mol. The minimum absolute atomic E-state index is 0.0247. The van der Waals surface area contributed by atoms with E-state index in [0.29, 0.717) is 10.8 Å². The number of thioether (sulfide) groups is 1. The lowest BCUT2D eigenvalue weighted by Gasteiger charge is -2.30. The molecule has 0 bridgehead atoms. The van der Waals surface area contributed by atoms with E-state index < -0.39 is 0 Å². The van der Waals surface area contributed by atoms with E-state index in [4.69, 9.17) is 16.0 Å². The molecule has 4 rings (SSSR count). The van der Waals surface area contributed by atoms with Gasteiger partial charge in [-0.3, -0.25) is 4.79 Å². The number of hydrogen-bond donors (Lipinski definition) is 0.